The minimum Gasteiger partial charge on any atom is -0.388 e. The van der Waals surface area contributed by atoms with Crippen molar-refractivity contribution in [2.75, 3.05) is 13.6 Å². The summed E-state index contributed by atoms with van der Waals surface area (Å²) in [6.07, 6.45) is -1.11. The van der Waals surface area contributed by atoms with Crippen molar-refractivity contribution in [1.29, 1.82) is 0 Å². The molecule has 0 bridgehead atoms. The molecule has 1 aliphatic rings. The van der Waals surface area contributed by atoms with E-state index in [-0.39, 0.29) is 0 Å². The molecule has 2 rings (SSSR count). The van der Waals surface area contributed by atoms with E-state index in [1.54, 1.807) is 0 Å². The van der Waals surface area contributed by atoms with Gasteiger partial charge in [-0.25, -0.2) is 0 Å². The standard InChI is InChI=1S/C15H20F3NO/c1-19-9-3-2-4-13(19)10-14(20)11-5-7-12(8-6-11)15(16,17)18/h5-8,13-14,20H,2-4,9-10H2,1H3. The Morgan fingerprint density at radius 1 is 1.25 bits per heavy atom. The van der Waals surface area contributed by atoms with Crippen LogP contribution in [0.1, 0.15) is 42.9 Å². The van der Waals surface area contributed by atoms with Crippen LogP contribution < -0.4 is 0 Å². The molecule has 1 saturated heterocycles. The van der Waals surface area contributed by atoms with Gasteiger partial charge in [0.2, 0.25) is 0 Å². The Labute approximate surface area is 117 Å². The van der Waals surface area contributed by atoms with Crippen molar-refractivity contribution in [3.63, 3.8) is 0 Å². The largest absolute Gasteiger partial charge is 0.416 e. The third kappa shape index (κ3) is 3.73. The maximum Gasteiger partial charge on any atom is 0.416 e. The van der Waals surface area contributed by atoms with Gasteiger partial charge in [0.25, 0.3) is 0 Å². The molecule has 0 aliphatic carbocycles. The fourth-order valence-electron chi connectivity index (χ4n) is 2.73. The SMILES string of the molecule is CN1CCCCC1CC(O)c1ccc(C(F)(F)F)cc1. The molecule has 1 aliphatic heterocycles. The number of halogens is 3. The van der Waals surface area contributed by atoms with Crippen molar-refractivity contribution in [3.8, 4) is 0 Å². The smallest absolute Gasteiger partial charge is 0.388 e. The fraction of sp³-hybridized carbons (Fsp3) is 0.600. The first-order valence-corrected chi connectivity index (χ1v) is 6.93. The molecule has 0 radical (unpaired) electrons. The topological polar surface area (TPSA) is 23.5 Å². The van der Waals surface area contributed by atoms with Crippen molar-refractivity contribution >= 4 is 0 Å². The second-order valence-electron chi connectivity index (χ2n) is 5.50. The third-order valence-corrected chi connectivity index (χ3v) is 4.04. The highest BCUT2D eigenvalue weighted by molar-refractivity contribution is 5.26. The number of aliphatic hydroxyl groups is 1. The van der Waals surface area contributed by atoms with Gasteiger partial charge in [0.05, 0.1) is 11.7 Å². The summed E-state index contributed by atoms with van der Waals surface area (Å²) >= 11 is 0. The lowest BCUT2D eigenvalue weighted by Crippen LogP contribution is -2.37. The number of rotatable bonds is 3. The van der Waals surface area contributed by atoms with Gasteiger partial charge in [-0.15, -0.1) is 0 Å². The van der Waals surface area contributed by atoms with Crippen molar-refractivity contribution in [2.24, 2.45) is 0 Å². The van der Waals surface area contributed by atoms with E-state index in [4.69, 9.17) is 0 Å². The van der Waals surface area contributed by atoms with E-state index in [0.717, 1.165) is 31.5 Å². The number of nitrogens with zero attached hydrogens (tertiary/aromatic N) is 1. The van der Waals surface area contributed by atoms with Crippen LogP contribution in [0, 0.1) is 0 Å². The molecule has 2 unspecified atom stereocenters. The van der Waals surface area contributed by atoms with Gasteiger partial charge in [-0.2, -0.15) is 13.2 Å². The summed E-state index contributed by atoms with van der Waals surface area (Å²) in [5, 5.41) is 10.2. The molecule has 1 aromatic carbocycles. The molecule has 20 heavy (non-hydrogen) atoms. The lowest BCUT2D eigenvalue weighted by Gasteiger charge is -2.33. The van der Waals surface area contributed by atoms with Crippen LogP contribution in [0.5, 0.6) is 0 Å². The molecule has 1 fully saturated rings. The maximum atomic E-state index is 12.5. The number of hydrogen-bond acceptors (Lipinski definition) is 2. The first kappa shape index (κ1) is 15.3. The zero-order valence-corrected chi connectivity index (χ0v) is 11.5. The van der Waals surface area contributed by atoms with Crippen LogP contribution in [-0.2, 0) is 6.18 Å². The van der Waals surface area contributed by atoms with Crippen molar-refractivity contribution in [3.05, 3.63) is 35.4 Å². The number of alkyl halides is 3. The molecule has 0 saturated carbocycles. The first-order chi connectivity index (χ1) is 9.38. The van der Waals surface area contributed by atoms with E-state index in [1.807, 2.05) is 7.05 Å². The van der Waals surface area contributed by atoms with E-state index in [1.165, 1.54) is 18.6 Å². The minimum atomic E-state index is -4.33. The normalized spacial score (nSPS) is 22.8. The monoisotopic (exact) mass is 287 g/mol. The Bertz CT molecular complexity index is 430. The van der Waals surface area contributed by atoms with Crippen LogP contribution in [0.3, 0.4) is 0 Å². The lowest BCUT2D eigenvalue weighted by atomic mass is 9.94. The Morgan fingerprint density at radius 3 is 2.45 bits per heavy atom. The summed E-state index contributed by atoms with van der Waals surface area (Å²) in [7, 11) is 2.03. The second kappa shape index (κ2) is 6.14. The van der Waals surface area contributed by atoms with E-state index < -0.39 is 17.8 Å². The Kier molecular flexibility index (Phi) is 4.70. The van der Waals surface area contributed by atoms with Gasteiger partial charge >= 0.3 is 6.18 Å². The summed E-state index contributed by atoms with van der Waals surface area (Å²) in [5.41, 5.74) is -0.125. The number of benzene rings is 1. The number of likely N-dealkylation sites (tertiary alicyclic amines) is 1. The van der Waals surface area contributed by atoms with Gasteiger partial charge in [-0.1, -0.05) is 18.6 Å². The number of piperidine rings is 1. The van der Waals surface area contributed by atoms with Gasteiger partial charge in [-0.3, -0.25) is 0 Å². The molecular formula is C15H20F3NO. The predicted octanol–water partition coefficient (Wildman–Crippen LogP) is 3.61. The Balaban J connectivity index is 2.00. The molecule has 2 nitrogen and oxygen atoms in total. The van der Waals surface area contributed by atoms with E-state index >= 15 is 0 Å². The molecule has 0 spiro atoms. The fourth-order valence-corrected chi connectivity index (χ4v) is 2.73. The predicted molar refractivity (Wildman–Crippen MR) is 71.3 cm³/mol. The molecule has 1 heterocycles. The number of aliphatic hydroxyl groups excluding tert-OH is 1. The average molecular weight is 287 g/mol. The summed E-state index contributed by atoms with van der Waals surface area (Å²) in [5.74, 6) is 0. The van der Waals surface area contributed by atoms with Crippen LogP contribution in [0.2, 0.25) is 0 Å². The highest BCUT2D eigenvalue weighted by atomic mass is 19.4. The maximum absolute atomic E-state index is 12.5. The third-order valence-electron chi connectivity index (χ3n) is 4.04. The highest BCUT2D eigenvalue weighted by Crippen LogP contribution is 2.31. The Morgan fingerprint density at radius 2 is 1.90 bits per heavy atom. The molecule has 0 amide bonds. The zero-order chi connectivity index (χ0) is 14.8. The molecule has 1 N–H and O–H groups in total. The van der Waals surface area contributed by atoms with Crippen molar-refractivity contribution in [1.82, 2.24) is 4.90 Å². The van der Waals surface area contributed by atoms with Gasteiger partial charge in [-0.05, 0) is 50.6 Å². The van der Waals surface area contributed by atoms with Gasteiger partial charge in [0.1, 0.15) is 0 Å². The lowest BCUT2D eigenvalue weighted by molar-refractivity contribution is -0.137. The quantitative estimate of drug-likeness (QED) is 0.918. The molecule has 2 atom stereocenters. The second-order valence-corrected chi connectivity index (χ2v) is 5.50. The molecule has 112 valence electrons. The highest BCUT2D eigenvalue weighted by Gasteiger charge is 2.30. The summed E-state index contributed by atoms with van der Waals surface area (Å²) in [6, 6.07) is 5.11. The molecule has 0 aromatic heterocycles. The summed E-state index contributed by atoms with van der Waals surface area (Å²) < 4.78 is 37.4. The zero-order valence-electron chi connectivity index (χ0n) is 11.5. The first-order valence-electron chi connectivity index (χ1n) is 6.93. The van der Waals surface area contributed by atoms with Crippen LogP contribution in [0.25, 0.3) is 0 Å². The van der Waals surface area contributed by atoms with Gasteiger partial charge in [0.15, 0.2) is 0 Å². The van der Waals surface area contributed by atoms with Crippen LogP contribution in [0.4, 0.5) is 13.2 Å². The van der Waals surface area contributed by atoms with Gasteiger partial charge in [0, 0.05) is 6.04 Å². The Hall–Kier alpha value is -1.07. The minimum absolute atomic E-state index is 0.307. The average Bonchev–Trinajstić information content (AvgIpc) is 2.40. The summed E-state index contributed by atoms with van der Waals surface area (Å²) in [6.45, 7) is 1.02. The van der Waals surface area contributed by atoms with Crippen LogP contribution >= 0.6 is 0 Å². The summed E-state index contributed by atoms with van der Waals surface area (Å²) in [4.78, 5) is 2.22. The van der Waals surface area contributed by atoms with Crippen LogP contribution in [0.15, 0.2) is 24.3 Å². The molecule has 1 aromatic rings. The van der Waals surface area contributed by atoms with Gasteiger partial charge < -0.3 is 10.0 Å². The van der Waals surface area contributed by atoms with Crippen LogP contribution in [-0.4, -0.2) is 29.6 Å². The van der Waals surface area contributed by atoms with E-state index in [2.05, 4.69) is 4.90 Å². The van der Waals surface area contributed by atoms with Crippen molar-refractivity contribution < 1.29 is 18.3 Å². The number of hydrogen-bond donors (Lipinski definition) is 1. The molecule has 5 heteroatoms. The van der Waals surface area contributed by atoms with E-state index in [9.17, 15) is 18.3 Å². The van der Waals surface area contributed by atoms with E-state index in [0.29, 0.717) is 18.0 Å². The molecular weight excluding hydrogens is 267 g/mol. The van der Waals surface area contributed by atoms with Crippen molar-refractivity contribution in [2.45, 2.75) is 44.0 Å².